The molecule has 2 heteroatoms. The summed E-state index contributed by atoms with van der Waals surface area (Å²) in [5.74, 6) is 2.39. The average molecular weight is 184 g/mol. The van der Waals surface area contributed by atoms with Gasteiger partial charge in [-0.05, 0) is 49.4 Å². The van der Waals surface area contributed by atoms with Gasteiger partial charge in [-0.1, -0.05) is 6.92 Å². The van der Waals surface area contributed by atoms with Gasteiger partial charge in [-0.15, -0.1) is 0 Å². The Hall–Kier alpha value is -0.0800. The maximum absolute atomic E-state index is 9.81. The van der Waals surface area contributed by atoms with Crippen LogP contribution in [0.3, 0.4) is 0 Å². The highest BCUT2D eigenvalue weighted by Gasteiger charge is 2.47. The Morgan fingerprint density at radius 1 is 1.31 bits per heavy atom. The third kappa shape index (κ3) is 1.50. The zero-order chi connectivity index (χ0) is 9.42. The highest BCUT2D eigenvalue weighted by atomic mass is 16.3. The lowest BCUT2D eigenvalue weighted by molar-refractivity contribution is 0.0383. The van der Waals surface area contributed by atoms with Crippen LogP contribution in [0.4, 0.5) is 0 Å². The Balaban J connectivity index is 2.01. The van der Waals surface area contributed by atoms with Crippen molar-refractivity contribution in [1.82, 2.24) is 0 Å². The van der Waals surface area contributed by atoms with Crippen molar-refractivity contribution in [3.8, 4) is 0 Å². The minimum atomic E-state index is -0.121. The lowest BCUT2D eigenvalue weighted by atomic mass is 9.77. The number of aliphatic hydroxyl groups is 2. The van der Waals surface area contributed by atoms with Crippen LogP contribution in [0.25, 0.3) is 0 Å². The summed E-state index contributed by atoms with van der Waals surface area (Å²) in [6.45, 7) is 2.37. The van der Waals surface area contributed by atoms with E-state index in [-0.39, 0.29) is 6.10 Å². The molecule has 2 rings (SSSR count). The molecular formula is C11H20O2. The van der Waals surface area contributed by atoms with Gasteiger partial charge in [0.2, 0.25) is 0 Å². The van der Waals surface area contributed by atoms with E-state index in [0.717, 1.165) is 12.3 Å². The van der Waals surface area contributed by atoms with Crippen molar-refractivity contribution >= 4 is 0 Å². The fraction of sp³-hybridized carbons (Fsp3) is 1.00. The van der Waals surface area contributed by atoms with E-state index < -0.39 is 0 Å². The summed E-state index contributed by atoms with van der Waals surface area (Å²) < 4.78 is 0. The highest BCUT2D eigenvalue weighted by Crippen LogP contribution is 2.52. The number of hydrogen-bond donors (Lipinski definition) is 2. The molecule has 76 valence electrons. The Morgan fingerprint density at radius 3 is 2.62 bits per heavy atom. The van der Waals surface area contributed by atoms with Crippen LogP contribution >= 0.6 is 0 Å². The first kappa shape index (κ1) is 9.47. The van der Waals surface area contributed by atoms with Gasteiger partial charge in [-0.3, -0.25) is 0 Å². The van der Waals surface area contributed by atoms with E-state index in [0.29, 0.717) is 24.4 Å². The molecule has 2 saturated carbocycles. The molecule has 0 radical (unpaired) electrons. The van der Waals surface area contributed by atoms with Gasteiger partial charge in [0, 0.05) is 6.61 Å². The lowest BCUT2D eigenvalue weighted by Crippen LogP contribution is -2.31. The fourth-order valence-corrected chi connectivity index (χ4v) is 3.51. The Labute approximate surface area is 80.0 Å². The lowest BCUT2D eigenvalue weighted by Gasteiger charge is -2.31. The molecule has 2 fully saturated rings. The number of hydrogen-bond acceptors (Lipinski definition) is 2. The second kappa shape index (κ2) is 3.58. The smallest absolute Gasteiger partial charge is 0.0568 e. The number of fused-ring (bicyclic) bond motifs is 2. The molecule has 5 unspecified atom stereocenters. The van der Waals surface area contributed by atoms with Gasteiger partial charge in [0.05, 0.1) is 6.10 Å². The summed E-state index contributed by atoms with van der Waals surface area (Å²) in [7, 11) is 0. The van der Waals surface area contributed by atoms with Crippen LogP contribution in [-0.4, -0.2) is 22.9 Å². The predicted octanol–water partition coefficient (Wildman–Crippen LogP) is 1.41. The summed E-state index contributed by atoms with van der Waals surface area (Å²) in [5.41, 5.74) is 0. The van der Waals surface area contributed by atoms with E-state index in [1.54, 1.807) is 0 Å². The summed E-state index contributed by atoms with van der Waals surface area (Å²) >= 11 is 0. The molecule has 2 nitrogen and oxygen atoms in total. The van der Waals surface area contributed by atoms with Crippen molar-refractivity contribution in [2.45, 2.75) is 38.7 Å². The van der Waals surface area contributed by atoms with Gasteiger partial charge in [0.15, 0.2) is 0 Å². The Morgan fingerprint density at radius 2 is 2.08 bits per heavy atom. The van der Waals surface area contributed by atoms with E-state index in [2.05, 4.69) is 0 Å². The Kier molecular flexibility index (Phi) is 2.61. The first-order chi connectivity index (χ1) is 6.26. The standard InChI is InChI=1S/C11H20O2/c1-2-11(13)10-5-7-3-8(6-12)9(10)4-7/h7-13H,2-6H2,1H3. The Bertz CT molecular complexity index is 181. The van der Waals surface area contributed by atoms with Crippen LogP contribution in [0.2, 0.25) is 0 Å². The van der Waals surface area contributed by atoms with Crippen molar-refractivity contribution in [1.29, 1.82) is 0 Å². The van der Waals surface area contributed by atoms with Crippen molar-refractivity contribution in [2.24, 2.45) is 23.7 Å². The molecule has 2 aliphatic carbocycles. The van der Waals surface area contributed by atoms with Crippen LogP contribution in [0.1, 0.15) is 32.6 Å². The molecule has 0 aromatic carbocycles. The molecule has 2 aliphatic rings. The van der Waals surface area contributed by atoms with Crippen molar-refractivity contribution in [3.05, 3.63) is 0 Å². The molecule has 2 N–H and O–H groups in total. The second-order valence-corrected chi connectivity index (χ2v) is 4.82. The van der Waals surface area contributed by atoms with Gasteiger partial charge in [0.25, 0.3) is 0 Å². The van der Waals surface area contributed by atoms with Gasteiger partial charge >= 0.3 is 0 Å². The fourth-order valence-electron chi connectivity index (χ4n) is 3.51. The van der Waals surface area contributed by atoms with Crippen molar-refractivity contribution < 1.29 is 10.2 Å². The van der Waals surface area contributed by atoms with E-state index in [1.807, 2.05) is 6.92 Å². The summed E-state index contributed by atoms with van der Waals surface area (Å²) in [4.78, 5) is 0. The van der Waals surface area contributed by atoms with Crippen molar-refractivity contribution in [3.63, 3.8) is 0 Å². The molecule has 0 aliphatic heterocycles. The van der Waals surface area contributed by atoms with Gasteiger partial charge in [-0.25, -0.2) is 0 Å². The summed E-state index contributed by atoms with van der Waals surface area (Å²) in [5, 5.41) is 19.0. The van der Waals surface area contributed by atoms with E-state index in [4.69, 9.17) is 0 Å². The topological polar surface area (TPSA) is 40.5 Å². The zero-order valence-corrected chi connectivity index (χ0v) is 8.32. The molecule has 0 spiro atoms. The SMILES string of the molecule is CCC(O)C1CC2CC(CO)C1C2. The van der Waals surface area contributed by atoms with Crippen LogP contribution in [-0.2, 0) is 0 Å². The number of aliphatic hydroxyl groups excluding tert-OH is 2. The predicted molar refractivity (Wildman–Crippen MR) is 51.2 cm³/mol. The summed E-state index contributed by atoms with van der Waals surface area (Å²) in [6, 6.07) is 0. The molecular weight excluding hydrogens is 164 g/mol. The number of rotatable bonds is 3. The molecule has 13 heavy (non-hydrogen) atoms. The minimum Gasteiger partial charge on any atom is -0.396 e. The zero-order valence-electron chi connectivity index (χ0n) is 8.32. The monoisotopic (exact) mass is 184 g/mol. The maximum Gasteiger partial charge on any atom is 0.0568 e. The average Bonchev–Trinajstić information content (AvgIpc) is 2.74. The van der Waals surface area contributed by atoms with Gasteiger partial charge in [0.1, 0.15) is 0 Å². The van der Waals surface area contributed by atoms with Crippen LogP contribution in [0.15, 0.2) is 0 Å². The maximum atomic E-state index is 9.81. The molecule has 2 bridgehead atoms. The molecule has 0 heterocycles. The quantitative estimate of drug-likeness (QED) is 0.696. The normalized spacial score (nSPS) is 45.5. The van der Waals surface area contributed by atoms with Crippen molar-refractivity contribution in [2.75, 3.05) is 6.61 Å². The third-order valence-corrected chi connectivity index (χ3v) is 4.15. The molecule has 0 saturated heterocycles. The molecule has 0 amide bonds. The molecule has 5 atom stereocenters. The van der Waals surface area contributed by atoms with Gasteiger partial charge in [-0.2, -0.15) is 0 Å². The second-order valence-electron chi connectivity index (χ2n) is 4.82. The van der Waals surface area contributed by atoms with Crippen LogP contribution < -0.4 is 0 Å². The first-order valence-corrected chi connectivity index (χ1v) is 5.55. The largest absolute Gasteiger partial charge is 0.396 e. The third-order valence-electron chi connectivity index (χ3n) is 4.15. The van der Waals surface area contributed by atoms with E-state index in [9.17, 15) is 10.2 Å². The van der Waals surface area contributed by atoms with E-state index in [1.165, 1.54) is 19.3 Å². The minimum absolute atomic E-state index is 0.121. The summed E-state index contributed by atoms with van der Waals surface area (Å²) in [6.07, 6.45) is 4.41. The highest BCUT2D eigenvalue weighted by molar-refractivity contribution is 4.97. The van der Waals surface area contributed by atoms with E-state index >= 15 is 0 Å². The molecule has 0 aromatic heterocycles. The van der Waals surface area contributed by atoms with Crippen LogP contribution in [0, 0.1) is 23.7 Å². The van der Waals surface area contributed by atoms with Crippen LogP contribution in [0.5, 0.6) is 0 Å². The molecule has 0 aromatic rings. The van der Waals surface area contributed by atoms with Gasteiger partial charge < -0.3 is 10.2 Å². The first-order valence-electron chi connectivity index (χ1n) is 5.55.